The number of hydrogen-bond donors (Lipinski definition) is 0. The first-order valence-electron chi connectivity index (χ1n) is 8.49. The van der Waals surface area contributed by atoms with Crippen LogP contribution in [0.4, 0.5) is 13.2 Å². The van der Waals surface area contributed by atoms with Crippen molar-refractivity contribution >= 4 is 17.7 Å². The number of carbonyl (C=O) groups is 1. The van der Waals surface area contributed by atoms with Crippen LogP contribution >= 0.6 is 11.8 Å². The van der Waals surface area contributed by atoms with Crippen LogP contribution in [0.25, 0.3) is 0 Å². The Hall–Kier alpha value is -2.19. The number of esters is 1. The van der Waals surface area contributed by atoms with Crippen LogP contribution in [0.5, 0.6) is 11.5 Å². The molecule has 2 aromatic carbocycles. The van der Waals surface area contributed by atoms with Gasteiger partial charge in [0.15, 0.2) is 0 Å². The molecule has 28 heavy (non-hydrogen) atoms. The molecule has 0 saturated heterocycles. The summed E-state index contributed by atoms with van der Waals surface area (Å²) < 4.78 is 50.0. The number of ether oxygens (including phenoxy) is 2. The first kappa shape index (κ1) is 22.1. The Kier molecular flexibility index (Phi) is 7.77. The number of nitrogens with zero attached hydrogens (tertiary/aromatic N) is 1. The monoisotopic (exact) mass is 413 g/mol. The van der Waals surface area contributed by atoms with E-state index in [1.807, 2.05) is 26.2 Å². The largest absolute Gasteiger partial charge is 0.465 e. The van der Waals surface area contributed by atoms with E-state index in [1.165, 1.54) is 6.07 Å². The minimum Gasteiger partial charge on any atom is -0.465 e. The molecule has 0 atom stereocenters. The Balaban J connectivity index is 2.11. The number of methoxy groups -OCH3 is 1. The minimum absolute atomic E-state index is 0.188. The van der Waals surface area contributed by atoms with Crippen LogP contribution in [0.3, 0.4) is 0 Å². The summed E-state index contributed by atoms with van der Waals surface area (Å²) in [4.78, 5) is 13.6. The second kappa shape index (κ2) is 9.84. The van der Waals surface area contributed by atoms with Gasteiger partial charge < -0.3 is 14.4 Å². The fourth-order valence-electron chi connectivity index (χ4n) is 2.30. The zero-order valence-electron chi connectivity index (χ0n) is 15.9. The van der Waals surface area contributed by atoms with Gasteiger partial charge >= 0.3 is 12.1 Å². The average molecular weight is 413 g/mol. The van der Waals surface area contributed by atoms with Crippen molar-refractivity contribution in [2.75, 3.05) is 33.5 Å². The van der Waals surface area contributed by atoms with Crippen molar-refractivity contribution in [3.05, 3.63) is 59.2 Å². The topological polar surface area (TPSA) is 38.8 Å². The highest BCUT2D eigenvalue weighted by atomic mass is 32.2. The molecule has 0 spiro atoms. The number of alkyl halides is 3. The zero-order valence-corrected chi connectivity index (χ0v) is 16.7. The Bertz CT molecular complexity index is 792. The van der Waals surface area contributed by atoms with Crippen LogP contribution in [-0.4, -0.2) is 44.4 Å². The molecule has 0 aliphatic rings. The fraction of sp³-hybridized carbons (Fsp3) is 0.350. The third-order valence-corrected chi connectivity index (χ3v) is 4.82. The van der Waals surface area contributed by atoms with Crippen LogP contribution in [0.15, 0.2) is 42.5 Å². The Morgan fingerprint density at radius 2 is 1.79 bits per heavy atom. The molecule has 0 radical (unpaired) electrons. The number of benzene rings is 2. The molecule has 0 amide bonds. The van der Waals surface area contributed by atoms with Crippen molar-refractivity contribution < 1.29 is 27.4 Å². The Morgan fingerprint density at radius 3 is 2.36 bits per heavy atom. The van der Waals surface area contributed by atoms with Crippen LogP contribution in [0.2, 0.25) is 0 Å². The third-order valence-electron chi connectivity index (χ3n) is 3.81. The molecule has 0 aliphatic carbocycles. The molecule has 0 saturated carbocycles. The van der Waals surface area contributed by atoms with E-state index in [4.69, 9.17) is 4.74 Å². The van der Waals surface area contributed by atoms with E-state index < -0.39 is 17.7 Å². The lowest BCUT2D eigenvalue weighted by molar-refractivity contribution is -0.138. The number of carbonyl (C=O) groups excluding carboxylic acids is 1. The Labute approximate surface area is 166 Å². The van der Waals surface area contributed by atoms with Crippen molar-refractivity contribution in [2.24, 2.45) is 0 Å². The van der Waals surface area contributed by atoms with Crippen molar-refractivity contribution in [3.63, 3.8) is 0 Å². The van der Waals surface area contributed by atoms with Crippen LogP contribution < -0.4 is 4.74 Å². The standard InChI is InChI=1S/C20H22F3NO3S/c1-24(2)10-11-28-13-14-4-7-16(8-5-14)27-18-9-6-15(19(25)26-3)12-17(18)20(21,22)23/h4-9,12H,10-11,13H2,1-3H3. The zero-order chi connectivity index (χ0) is 20.7. The second-order valence-electron chi connectivity index (χ2n) is 6.30. The summed E-state index contributed by atoms with van der Waals surface area (Å²) in [6.45, 7) is 0.980. The van der Waals surface area contributed by atoms with Crippen LogP contribution in [-0.2, 0) is 16.7 Å². The van der Waals surface area contributed by atoms with Gasteiger partial charge in [0.05, 0.1) is 18.2 Å². The molecule has 2 aromatic rings. The minimum atomic E-state index is -4.66. The van der Waals surface area contributed by atoms with Gasteiger partial charge in [-0.25, -0.2) is 4.79 Å². The predicted octanol–water partition coefficient (Wildman–Crippen LogP) is 5.08. The molecule has 0 N–H and O–H groups in total. The molecule has 152 valence electrons. The number of thioether (sulfide) groups is 1. The molecular weight excluding hydrogens is 391 g/mol. The van der Waals surface area contributed by atoms with E-state index in [0.29, 0.717) is 5.75 Å². The normalized spacial score (nSPS) is 11.5. The first-order chi connectivity index (χ1) is 13.2. The summed E-state index contributed by atoms with van der Waals surface area (Å²) in [6.07, 6.45) is -4.66. The second-order valence-corrected chi connectivity index (χ2v) is 7.41. The van der Waals surface area contributed by atoms with Crippen molar-refractivity contribution in [2.45, 2.75) is 11.9 Å². The van der Waals surface area contributed by atoms with E-state index >= 15 is 0 Å². The maximum absolute atomic E-state index is 13.4. The number of hydrogen-bond acceptors (Lipinski definition) is 5. The van der Waals surface area contributed by atoms with E-state index in [0.717, 1.165) is 42.9 Å². The van der Waals surface area contributed by atoms with E-state index in [9.17, 15) is 18.0 Å². The van der Waals surface area contributed by atoms with Crippen LogP contribution in [0.1, 0.15) is 21.5 Å². The summed E-state index contributed by atoms with van der Waals surface area (Å²) in [5.41, 5.74) is -0.154. The van der Waals surface area contributed by atoms with Gasteiger partial charge in [-0.05, 0) is 50.0 Å². The van der Waals surface area contributed by atoms with Gasteiger partial charge in [-0.15, -0.1) is 0 Å². The molecule has 2 rings (SSSR count). The highest BCUT2D eigenvalue weighted by Crippen LogP contribution is 2.39. The van der Waals surface area contributed by atoms with E-state index in [-0.39, 0.29) is 11.3 Å². The molecule has 0 unspecified atom stereocenters. The summed E-state index contributed by atoms with van der Waals surface area (Å²) in [6, 6.07) is 10.0. The fourth-order valence-corrected chi connectivity index (χ4v) is 3.37. The lowest BCUT2D eigenvalue weighted by Crippen LogP contribution is -2.14. The summed E-state index contributed by atoms with van der Waals surface area (Å²) in [5.74, 6) is 0.891. The molecule has 0 heterocycles. The van der Waals surface area contributed by atoms with Gasteiger partial charge in [0, 0.05) is 18.1 Å². The molecular formula is C20H22F3NO3S. The van der Waals surface area contributed by atoms with Gasteiger partial charge in [0.2, 0.25) is 0 Å². The van der Waals surface area contributed by atoms with Crippen molar-refractivity contribution in [1.29, 1.82) is 0 Å². The van der Waals surface area contributed by atoms with E-state index in [2.05, 4.69) is 9.64 Å². The highest BCUT2D eigenvalue weighted by molar-refractivity contribution is 7.98. The molecule has 8 heteroatoms. The maximum atomic E-state index is 13.4. The van der Waals surface area contributed by atoms with Gasteiger partial charge in [-0.3, -0.25) is 0 Å². The SMILES string of the molecule is COC(=O)c1ccc(Oc2ccc(CSCCN(C)C)cc2)c(C(F)(F)F)c1. The molecule has 0 aromatic heterocycles. The van der Waals surface area contributed by atoms with Crippen molar-refractivity contribution in [1.82, 2.24) is 4.90 Å². The maximum Gasteiger partial charge on any atom is 0.420 e. The first-order valence-corrected chi connectivity index (χ1v) is 9.65. The third kappa shape index (κ3) is 6.45. The summed E-state index contributed by atoms with van der Waals surface area (Å²) in [7, 11) is 5.14. The van der Waals surface area contributed by atoms with Gasteiger partial charge in [-0.2, -0.15) is 24.9 Å². The predicted molar refractivity (Wildman–Crippen MR) is 104 cm³/mol. The lowest BCUT2D eigenvalue weighted by atomic mass is 10.1. The lowest BCUT2D eigenvalue weighted by Gasteiger charge is -2.15. The average Bonchev–Trinajstić information content (AvgIpc) is 2.65. The van der Waals surface area contributed by atoms with E-state index in [1.54, 1.807) is 23.9 Å². The Morgan fingerprint density at radius 1 is 1.11 bits per heavy atom. The number of halogens is 3. The molecule has 4 nitrogen and oxygen atoms in total. The molecule has 0 fully saturated rings. The van der Waals surface area contributed by atoms with Gasteiger partial charge in [0.25, 0.3) is 0 Å². The van der Waals surface area contributed by atoms with Crippen molar-refractivity contribution in [3.8, 4) is 11.5 Å². The highest BCUT2D eigenvalue weighted by Gasteiger charge is 2.35. The summed E-state index contributed by atoms with van der Waals surface area (Å²) in [5, 5.41) is 0. The van der Waals surface area contributed by atoms with Crippen LogP contribution in [0, 0.1) is 0 Å². The van der Waals surface area contributed by atoms with Gasteiger partial charge in [0.1, 0.15) is 11.5 Å². The summed E-state index contributed by atoms with van der Waals surface area (Å²) >= 11 is 1.78. The molecule has 0 bridgehead atoms. The quantitative estimate of drug-likeness (QED) is 0.446. The molecule has 0 aliphatic heterocycles. The van der Waals surface area contributed by atoms with Gasteiger partial charge in [-0.1, -0.05) is 12.1 Å². The smallest absolute Gasteiger partial charge is 0.420 e. The number of rotatable bonds is 8.